The molecule has 0 bridgehead atoms. The zero-order chi connectivity index (χ0) is 24.7. The molecule has 0 aromatic heterocycles. The van der Waals surface area contributed by atoms with Gasteiger partial charge >= 0.3 is 0 Å². The van der Waals surface area contributed by atoms with Crippen LogP contribution in [0.2, 0.25) is 0 Å². The van der Waals surface area contributed by atoms with Crippen molar-refractivity contribution in [3.63, 3.8) is 0 Å². The van der Waals surface area contributed by atoms with E-state index in [9.17, 15) is 8.42 Å². The third-order valence-corrected chi connectivity index (χ3v) is 8.20. The van der Waals surface area contributed by atoms with E-state index in [1.165, 1.54) is 0 Å². The largest absolute Gasteiger partial charge is 0.491 e. The van der Waals surface area contributed by atoms with Gasteiger partial charge in [0.05, 0.1) is 23.0 Å². The predicted molar refractivity (Wildman–Crippen MR) is 140 cm³/mol. The highest BCUT2D eigenvalue weighted by Crippen LogP contribution is 2.29. The second kappa shape index (κ2) is 11.6. The fraction of sp³-hybridized carbons (Fsp3) is 0.143. The summed E-state index contributed by atoms with van der Waals surface area (Å²) in [6.07, 6.45) is 0. The van der Waals surface area contributed by atoms with Gasteiger partial charge in [0.25, 0.3) is 0 Å². The number of hydrogen-bond donors (Lipinski definition) is 2. The van der Waals surface area contributed by atoms with E-state index in [-0.39, 0.29) is 29.6 Å². The Morgan fingerprint density at radius 1 is 0.600 bits per heavy atom. The first-order chi connectivity index (χ1) is 17.0. The number of ether oxygens (including phenoxy) is 1. The van der Waals surface area contributed by atoms with Crippen LogP contribution in [0.1, 0.15) is 0 Å². The molecular weight excluding hydrogens is 480 g/mol. The molecule has 4 rings (SSSR count). The molecule has 7 heteroatoms. The van der Waals surface area contributed by atoms with E-state index < -0.39 is 9.84 Å². The van der Waals surface area contributed by atoms with Gasteiger partial charge in [-0.1, -0.05) is 48.5 Å². The molecule has 0 saturated heterocycles. The number of hydrogen-bond acceptors (Lipinski definition) is 6. The van der Waals surface area contributed by atoms with Crippen LogP contribution in [0.25, 0.3) is 22.3 Å². The van der Waals surface area contributed by atoms with Crippen molar-refractivity contribution in [3.05, 3.63) is 97.1 Å². The standard InChI is InChI=1S/C28H26O5S2/c29-17-19-33-25-9-1-21(2-10-25)23-5-13-27(14-6-23)35(31,32)28-15-7-24(8-16-28)22-3-11-26(12-4-22)34-20-18-30/h1-16,29-30H,17-20H2. The summed E-state index contributed by atoms with van der Waals surface area (Å²) in [5, 5.41) is 17.8. The first-order valence-electron chi connectivity index (χ1n) is 11.1. The Morgan fingerprint density at radius 3 is 1.46 bits per heavy atom. The van der Waals surface area contributed by atoms with Crippen LogP contribution in [0.15, 0.2) is 112 Å². The molecule has 0 aliphatic carbocycles. The van der Waals surface area contributed by atoms with Gasteiger partial charge in [-0.3, -0.25) is 0 Å². The van der Waals surface area contributed by atoms with Crippen molar-refractivity contribution in [1.29, 1.82) is 0 Å². The Labute approximate surface area is 210 Å². The van der Waals surface area contributed by atoms with Crippen LogP contribution in [0.3, 0.4) is 0 Å². The molecule has 35 heavy (non-hydrogen) atoms. The summed E-state index contributed by atoms with van der Waals surface area (Å²) < 4.78 is 31.7. The maximum atomic E-state index is 13.2. The van der Waals surface area contributed by atoms with Gasteiger partial charge in [-0.05, 0) is 70.8 Å². The van der Waals surface area contributed by atoms with Crippen LogP contribution in [-0.2, 0) is 9.84 Å². The van der Waals surface area contributed by atoms with Crippen LogP contribution in [0.4, 0.5) is 0 Å². The van der Waals surface area contributed by atoms with E-state index in [2.05, 4.69) is 0 Å². The molecule has 0 atom stereocenters. The SMILES string of the molecule is O=S(=O)(c1ccc(-c2ccc(OCCO)cc2)cc1)c1ccc(-c2ccc(SCCO)cc2)cc1. The van der Waals surface area contributed by atoms with Crippen molar-refractivity contribution >= 4 is 21.6 Å². The molecule has 0 aliphatic heterocycles. The lowest BCUT2D eigenvalue weighted by molar-refractivity contribution is 0.201. The highest BCUT2D eigenvalue weighted by molar-refractivity contribution is 7.99. The van der Waals surface area contributed by atoms with Gasteiger partial charge in [0.15, 0.2) is 0 Å². The molecule has 5 nitrogen and oxygen atoms in total. The van der Waals surface area contributed by atoms with E-state index in [0.29, 0.717) is 11.5 Å². The Hall–Kier alpha value is -3.10. The average molecular weight is 507 g/mol. The van der Waals surface area contributed by atoms with Crippen LogP contribution in [-0.4, -0.2) is 44.2 Å². The fourth-order valence-corrected chi connectivity index (χ4v) is 5.52. The maximum Gasteiger partial charge on any atom is 0.206 e. The molecule has 180 valence electrons. The topological polar surface area (TPSA) is 83.8 Å². The molecule has 2 N–H and O–H groups in total. The predicted octanol–water partition coefficient (Wildman–Crippen LogP) is 5.31. The van der Waals surface area contributed by atoms with E-state index in [1.807, 2.05) is 60.7 Å². The summed E-state index contributed by atoms with van der Waals surface area (Å²) in [4.78, 5) is 1.56. The minimum atomic E-state index is -3.64. The third kappa shape index (κ3) is 6.13. The summed E-state index contributed by atoms with van der Waals surface area (Å²) >= 11 is 1.59. The van der Waals surface area contributed by atoms with Crippen molar-refractivity contribution in [1.82, 2.24) is 0 Å². The lowest BCUT2D eigenvalue weighted by Crippen LogP contribution is -2.02. The number of aliphatic hydroxyl groups is 2. The number of thioether (sulfide) groups is 1. The first-order valence-corrected chi connectivity index (χ1v) is 13.6. The summed E-state index contributed by atoms with van der Waals surface area (Å²) in [5.41, 5.74) is 3.77. The second-order valence-electron chi connectivity index (χ2n) is 7.75. The average Bonchev–Trinajstić information content (AvgIpc) is 2.91. The Bertz CT molecular complexity index is 1230. The minimum Gasteiger partial charge on any atom is -0.491 e. The molecule has 0 aliphatic rings. The summed E-state index contributed by atoms with van der Waals surface area (Å²) in [6.45, 7) is 0.336. The molecule has 0 heterocycles. The Kier molecular flexibility index (Phi) is 8.25. The summed E-state index contributed by atoms with van der Waals surface area (Å²) in [6, 6.07) is 29.1. The van der Waals surface area contributed by atoms with Gasteiger partial charge in [-0.2, -0.15) is 0 Å². The van der Waals surface area contributed by atoms with Gasteiger partial charge in [0, 0.05) is 10.6 Å². The summed E-state index contributed by atoms with van der Waals surface area (Å²) in [7, 11) is -3.64. The molecule has 0 unspecified atom stereocenters. The van der Waals surface area contributed by atoms with Gasteiger partial charge in [-0.25, -0.2) is 8.42 Å². The third-order valence-electron chi connectivity index (χ3n) is 5.42. The first kappa shape index (κ1) is 25.0. The highest BCUT2D eigenvalue weighted by atomic mass is 32.2. The number of rotatable bonds is 10. The maximum absolute atomic E-state index is 13.2. The molecule has 0 radical (unpaired) electrons. The van der Waals surface area contributed by atoms with Crippen LogP contribution >= 0.6 is 11.8 Å². The monoisotopic (exact) mass is 506 g/mol. The quantitative estimate of drug-likeness (QED) is 0.284. The van der Waals surface area contributed by atoms with Crippen LogP contribution < -0.4 is 4.74 Å². The summed E-state index contributed by atoms with van der Waals surface area (Å²) in [5.74, 6) is 1.32. The van der Waals surface area contributed by atoms with Crippen molar-refractivity contribution in [2.75, 3.05) is 25.6 Å². The van der Waals surface area contributed by atoms with Crippen LogP contribution in [0, 0.1) is 0 Å². The van der Waals surface area contributed by atoms with Gasteiger partial charge in [0.1, 0.15) is 12.4 Å². The van der Waals surface area contributed by atoms with E-state index in [0.717, 1.165) is 27.1 Å². The zero-order valence-electron chi connectivity index (χ0n) is 19.0. The van der Waals surface area contributed by atoms with E-state index in [1.54, 1.807) is 48.2 Å². The Morgan fingerprint density at radius 2 is 1.03 bits per heavy atom. The molecular formula is C28H26O5S2. The Balaban J connectivity index is 1.48. The molecule has 0 fully saturated rings. The van der Waals surface area contributed by atoms with Crippen molar-refractivity contribution < 1.29 is 23.4 Å². The second-order valence-corrected chi connectivity index (χ2v) is 10.9. The smallest absolute Gasteiger partial charge is 0.206 e. The molecule has 0 spiro atoms. The van der Waals surface area contributed by atoms with Gasteiger partial charge in [-0.15, -0.1) is 11.8 Å². The zero-order valence-corrected chi connectivity index (χ0v) is 20.6. The molecule has 4 aromatic rings. The lowest BCUT2D eigenvalue weighted by atomic mass is 10.1. The lowest BCUT2D eigenvalue weighted by Gasteiger charge is -2.09. The molecule has 4 aromatic carbocycles. The van der Waals surface area contributed by atoms with E-state index in [4.69, 9.17) is 14.9 Å². The van der Waals surface area contributed by atoms with Crippen molar-refractivity contribution in [2.24, 2.45) is 0 Å². The fourth-order valence-electron chi connectivity index (χ4n) is 3.60. The minimum absolute atomic E-state index is 0.0428. The van der Waals surface area contributed by atoms with Gasteiger partial charge < -0.3 is 14.9 Å². The highest BCUT2D eigenvalue weighted by Gasteiger charge is 2.17. The van der Waals surface area contributed by atoms with Crippen LogP contribution in [0.5, 0.6) is 5.75 Å². The normalized spacial score (nSPS) is 11.4. The number of benzene rings is 4. The van der Waals surface area contributed by atoms with E-state index >= 15 is 0 Å². The molecule has 0 amide bonds. The van der Waals surface area contributed by atoms with Gasteiger partial charge in [0.2, 0.25) is 9.84 Å². The van der Waals surface area contributed by atoms with Crippen molar-refractivity contribution in [2.45, 2.75) is 14.7 Å². The molecule has 0 saturated carbocycles. The number of sulfone groups is 1. The van der Waals surface area contributed by atoms with Crippen molar-refractivity contribution in [3.8, 4) is 28.0 Å². The number of aliphatic hydroxyl groups excluding tert-OH is 2.